The Balaban J connectivity index is 1.67. The first-order chi connectivity index (χ1) is 18.2. The van der Waals surface area contributed by atoms with Crippen LogP contribution in [0.3, 0.4) is 0 Å². The van der Waals surface area contributed by atoms with Crippen LogP contribution in [0.15, 0.2) is 72.8 Å². The Morgan fingerprint density at radius 1 is 0.947 bits per heavy atom. The third-order valence-corrected chi connectivity index (χ3v) is 6.33. The number of nitrogens with one attached hydrogen (secondary N) is 1. The average Bonchev–Trinajstić information content (AvgIpc) is 2.92. The standard InChI is InChI=1S/C30H28N2O6/c1-17(2)19-5-4-6-20(14-19)21-9-12-25-23(15-21)24(29(35)36)16-26(31-25)28(34)32-27(30(37)38-3)13-18-7-10-22(33)11-8-18/h4-12,14-17,27,33H,13H2,1-3H3,(H,32,34)(H,35,36)/t27-/m0/s1. The highest BCUT2D eigenvalue weighted by molar-refractivity contribution is 6.07. The number of carboxylic acids is 1. The van der Waals surface area contributed by atoms with Gasteiger partial charge >= 0.3 is 11.9 Å². The fourth-order valence-electron chi connectivity index (χ4n) is 4.21. The first kappa shape index (κ1) is 26.3. The molecule has 0 saturated carbocycles. The topological polar surface area (TPSA) is 126 Å². The van der Waals surface area contributed by atoms with Crippen molar-refractivity contribution in [3.05, 3.63) is 95.2 Å². The fourth-order valence-corrected chi connectivity index (χ4v) is 4.21. The molecule has 3 aromatic carbocycles. The molecule has 1 heterocycles. The van der Waals surface area contributed by atoms with Gasteiger partial charge in [0.15, 0.2) is 0 Å². The molecule has 0 bridgehead atoms. The molecule has 4 aromatic rings. The molecular weight excluding hydrogens is 484 g/mol. The van der Waals surface area contributed by atoms with Gasteiger partial charge in [-0.25, -0.2) is 14.6 Å². The predicted octanol–water partition coefficient (Wildman–Crippen LogP) is 4.94. The van der Waals surface area contributed by atoms with E-state index in [-0.39, 0.29) is 23.4 Å². The molecule has 8 heteroatoms. The highest BCUT2D eigenvalue weighted by Gasteiger charge is 2.25. The number of carbonyl (C=O) groups excluding carboxylic acids is 2. The SMILES string of the molecule is COC(=O)[C@H](Cc1ccc(O)cc1)NC(=O)c1cc(C(=O)O)c2cc(-c3cccc(C(C)C)c3)ccc2n1. The molecule has 8 nitrogen and oxygen atoms in total. The lowest BCUT2D eigenvalue weighted by Gasteiger charge is -2.17. The molecule has 0 aliphatic rings. The molecule has 0 saturated heterocycles. The van der Waals surface area contributed by atoms with Crippen molar-refractivity contribution in [1.82, 2.24) is 10.3 Å². The van der Waals surface area contributed by atoms with E-state index in [1.54, 1.807) is 24.3 Å². The van der Waals surface area contributed by atoms with E-state index in [9.17, 15) is 24.6 Å². The van der Waals surface area contributed by atoms with Crippen molar-refractivity contribution >= 4 is 28.7 Å². The van der Waals surface area contributed by atoms with Gasteiger partial charge in [0.05, 0.1) is 18.2 Å². The van der Waals surface area contributed by atoms with E-state index in [0.717, 1.165) is 11.1 Å². The highest BCUT2D eigenvalue weighted by Crippen LogP contribution is 2.29. The summed E-state index contributed by atoms with van der Waals surface area (Å²) in [6, 6.07) is 19.7. The number of benzene rings is 3. The molecule has 1 atom stereocenters. The van der Waals surface area contributed by atoms with Gasteiger partial charge in [-0.3, -0.25) is 4.79 Å². The van der Waals surface area contributed by atoms with Crippen LogP contribution in [0.4, 0.5) is 0 Å². The first-order valence-corrected chi connectivity index (χ1v) is 12.1. The number of methoxy groups -OCH3 is 1. The molecular formula is C30H28N2O6. The third kappa shape index (κ3) is 5.81. The summed E-state index contributed by atoms with van der Waals surface area (Å²) >= 11 is 0. The number of fused-ring (bicyclic) bond motifs is 1. The Labute approximate surface area is 219 Å². The van der Waals surface area contributed by atoms with Crippen LogP contribution in [0, 0.1) is 0 Å². The smallest absolute Gasteiger partial charge is 0.336 e. The number of esters is 1. The number of aromatic nitrogens is 1. The predicted molar refractivity (Wildman–Crippen MR) is 143 cm³/mol. The lowest BCUT2D eigenvalue weighted by atomic mass is 9.96. The summed E-state index contributed by atoms with van der Waals surface area (Å²) in [6.07, 6.45) is 0.108. The zero-order valence-corrected chi connectivity index (χ0v) is 21.3. The van der Waals surface area contributed by atoms with Crippen molar-refractivity contribution in [1.29, 1.82) is 0 Å². The quantitative estimate of drug-likeness (QED) is 0.285. The number of rotatable bonds is 8. The molecule has 194 valence electrons. The molecule has 0 spiro atoms. The maximum absolute atomic E-state index is 13.1. The summed E-state index contributed by atoms with van der Waals surface area (Å²) < 4.78 is 4.84. The fraction of sp³-hybridized carbons (Fsp3) is 0.200. The number of aromatic hydroxyl groups is 1. The van der Waals surface area contributed by atoms with Crippen LogP contribution in [-0.4, -0.2) is 46.2 Å². The number of carbonyl (C=O) groups is 3. The van der Waals surface area contributed by atoms with Crippen LogP contribution >= 0.6 is 0 Å². The first-order valence-electron chi connectivity index (χ1n) is 12.1. The minimum absolute atomic E-state index is 0.0738. The second kappa shape index (κ2) is 11.1. The average molecular weight is 513 g/mol. The number of ether oxygens (including phenoxy) is 1. The van der Waals surface area contributed by atoms with E-state index in [0.29, 0.717) is 22.4 Å². The van der Waals surface area contributed by atoms with E-state index in [1.807, 2.05) is 24.3 Å². The Kier molecular flexibility index (Phi) is 7.71. The number of hydrogen-bond donors (Lipinski definition) is 3. The Bertz CT molecular complexity index is 1510. The molecule has 0 unspecified atom stereocenters. The molecule has 0 fully saturated rings. The number of nitrogens with zero attached hydrogens (tertiary/aromatic N) is 1. The van der Waals surface area contributed by atoms with Crippen molar-refractivity contribution in [3.8, 4) is 16.9 Å². The zero-order chi connectivity index (χ0) is 27.4. The van der Waals surface area contributed by atoms with Gasteiger partial charge in [0.2, 0.25) is 0 Å². The second-order valence-corrected chi connectivity index (χ2v) is 9.29. The van der Waals surface area contributed by atoms with Crippen LogP contribution in [0.1, 0.15) is 51.7 Å². The molecule has 0 radical (unpaired) electrons. The van der Waals surface area contributed by atoms with Crippen LogP contribution < -0.4 is 5.32 Å². The van der Waals surface area contributed by atoms with Crippen molar-refractivity contribution in [3.63, 3.8) is 0 Å². The monoisotopic (exact) mass is 512 g/mol. The number of phenols is 1. The third-order valence-electron chi connectivity index (χ3n) is 6.33. The van der Waals surface area contributed by atoms with E-state index in [1.165, 1.54) is 30.9 Å². The number of hydrogen-bond acceptors (Lipinski definition) is 6. The van der Waals surface area contributed by atoms with E-state index >= 15 is 0 Å². The lowest BCUT2D eigenvalue weighted by molar-refractivity contribution is -0.142. The lowest BCUT2D eigenvalue weighted by Crippen LogP contribution is -2.43. The summed E-state index contributed by atoms with van der Waals surface area (Å²) in [5, 5.41) is 22.4. The minimum Gasteiger partial charge on any atom is -0.508 e. The second-order valence-electron chi connectivity index (χ2n) is 9.29. The van der Waals surface area contributed by atoms with Gasteiger partial charge < -0.3 is 20.3 Å². The molecule has 4 rings (SSSR count). The summed E-state index contributed by atoms with van der Waals surface area (Å²) in [7, 11) is 1.21. The van der Waals surface area contributed by atoms with Crippen LogP contribution in [0.2, 0.25) is 0 Å². The van der Waals surface area contributed by atoms with Crippen molar-refractivity contribution in [2.75, 3.05) is 7.11 Å². The van der Waals surface area contributed by atoms with E-state index < -0.39 is 23.9 Å². The Morgan fingerprint density at radius 2 is 1.66 bits per heavy atom. The van der Waals surface area contributed by atoms with Gasteiger partial charge in [0.25, 0.3) is 5.91 Å². The molecule has 1 aromatic heterocycles. The maximum Gasteiger partial charge on any atom is 0.336 e. The highest BCUT2D eigenvalue weighted by atomic mass is 16.5. The van der Waals surface area contributed by atoms with Gasteiger partial charge in [-0.05, 0) is 58.5 Å². The normalized spacial score (nSPS) is 11.8. The van der Waals surface area contributed by atoms with Gasteiger partial charge in [0, 0.05) is 11.8 Å². The van der Waals surface area contributed by atoms with Crippen molar-refractivity contribution in [2.45, 2.75) is 32.2 Å². The number of pyridine rings is 1. The number of aromatic carboxylic acids is 1. The number of phenolic OH excluding ortho intramolecular Hbond substituents is 1. The number of carboxylic acid groups (broad SMARTS) is 1. The van der Waals surface area contributed by atoms with Gasteiger partial charge in [-0.2, -0.15) is 0 Å². The summed E-state index contributed by atoms with van der Waals surface area (Å²) in [5.41, 5.74) is 3.77. The van der Waals surface area contributed by atoms with Gasteiger partial charge in [-0.15, -0.1) is 0 Å². The largest absolute Gasteiger partial charge is 0.508 e. The minimum atomic E-state index is -1.20. The van der Waals surface area contributed by atoms with Crippen molar-refractivity contribution < 1.29 is 29.3 Å². The Morgan fingerprint density at radius 3 is 2.32 bits per heavy atom. The number of amides is 1. The van der Waals surface area contributed by atoms with Crippen LogP contribution in [0.25, 0.3) is 22.0 Å². The Hall–Kier alpha value is -4.72. The van der Waals surface area contributed by atoms with Gasteiger partial charge in [0.1, 0.15) is 17.5 Å². The van der Waals surface area contributed by atoms with E-state index in [4.69, 9.17) is 4.74 Å². The summed E-state index contributed by atoms with van der Waals surface area (Å²) in [4.78, 5) is 42.1. The summed E-state index contributed by atoms with van der Waals surface area (Å²) in [6.45, 7) is 4.21. The molecule has 3 N–H and O–H groups in total. The van der Waals surface area contributed by atoms with E-state index in [2.05, 4.69) is 30.2 Å². The van der Waals surface area contributed by atoms with Crippen LogP contribution in [0.5, 0.6) is 5.75 Å². The zero-order valence-electron chi connectivity index (χ0n) is 21.3. The molecule has 1 amide bonds. The summed E-state index contributed by atoms with van der Waals surface area (Å²) in [5.74, 6) is -2.16. The van der Waals surface area contributed by atoms with Crippen molar-refractivity contribution in [2.24, 2.45) is 0 Å². The van der Waals surface area contributed by atoms with Gasteiger partial charge in [-0.1, -0.05) is 56.3 Å². The molecule has 0 aliphatic heterocycles. The maximum atomic E-state index is 13.1. The molecule has 38 heavy (non-hydrogen) atoms. The van der Waals surface area contributed by atoms with Crippen LogP contribution in [-0.2, 0) is 16.0 Å². The molecule has 0 aliphatic carbocycles.